The number of rotatable bonds is 4. The van der Waals surface area contributed by atoms with Crippen LogP contribution in [0.15, 0.2) is 30.7 Å². The molecule has 1 N–H and O–H groups in total. The summed E-state index contributed by atoms with van der Waals surface area (Å²) in [6.07, 6.45) is 9.73. The van der Waals surface area contributed by atoms with Crippen molar-refractivity contribution in [2.45, 2.75) is 62.9 Å². The van der Waals surface area contributed by atoms with Crippen molar-refractivity contribution in [2.24, 2.45) is 0 Å². The predicted molar refractivity (Wildman–Crippen MR) is 99.2 cm³/mol. The summed E-state index contributed by atoms with van der Waals surface area (Å²) >= 11 is 0. The Morgan fingerprint density at radius 1 is 1.12 bits per heavy atom. The molecule has 1 aliphatic heterocycles. The van der Waals surface area contributed by atoms with Crippen LogP contribution < -0.4 is 10.2 Å². The number of fused-ring (bicyclic) bond motifs is 1. The molecular weight excluding hydrogens is 326 g/mol. The number of pyridine rings is 1. The van der Waals surface area contributed by atoms with Gasteiger partial charge in [-0.15, -0.1) is 0 Å². The Kier molecular flexibility index (Phi) is 3.33. The van der Waals surface area contributed by atoms with Crippen molar-refractivity contribution in [3.05, 3.63) is 42.0 Å². The average Bonchev–Trinajstić information content (AvgIpc) is 3.43. The Labute approximate surface area is 153 Å². The van der Waals surface area contributed by atoms with E-state index >= 15 is 0 Å². The van der Waals surface area contributed by atoms with Gasteiger partial charge in [0, 0.05) is 30.7 Å². The third-order valence-corrected chi connectivity index (χ3v) is 5.92. The van der Waals surface area contributed by atoms with Crippen molar-refractivity contribution in [1.29, 1.82) is 0 Å². The molecule has 134 valence electrons. The Bertz CT molecular complexity index is 853. The monoisotopic (exact) mass is 349 g/mol. The minimum absolute atomic E-state index is 0.106. The van der Waals surface area contributed by atoms with Gasteiger partial charge in [-0.25, -0.2) is 9.97 Å². The second-order valence-corrected chi connectivity index (χ2v) is 8.25. The molecule has 2 fully saturated rings. The average molecular weight is 349 g/mol. The molecule has 1 amide bonds. The molecule has 3 aliphatic rings. The molecule has 0 saturated heterocycles. The molecule has 0 atom stereocenters. The third kappa shape index (κ3) is 2.39. The molecule has 5 rings (SSSR count). The van der Waals surface area contributed by atoms with Gasteiger partial charge < -0.3 is 5.32 Å². The number of nitrogens with zero attached hydrogens (tertiary/aromatic N) is 4. The molecule has 0 bridgehead atoms. The number of anilines is 2. The highest BCUT2D eigenvalue weighted by molar-refractivity contribution is 6.06. The number of hydrogen-bond donors (Lipinski definition) is 1. The van der Waals surface area contributed by atoms with Crippen LogP contribution in [0.2, 0.25) is 0 Å². The van der Waals surface area contributed by atoms with Crippen molar-refractivity contribution >= 4 is 17.5 Å². The first-order chi connectivity index (χ1) is 12.5. The molecule has 6 heteroatoms. The van der Waals surface area contributed by atoms with Gasteiger partial charge >= 0.3 is 0 Å². The van der Waals surface area contributed by atoms with Gasteiger partial charge in [0.05, 0.1) is 11.1 Å². The van der Waals surface area contributed by atoms with E-state index in [4.69, 9.17) is 0 Å². The van der Waals surface area contributed by atoms with Crippen LogP contribution in [0.3, 0.4) is 0 Å². The normalized spacial score (nSPS) is 26.4. The maximum atomic E-state index is 12.9. The highest BCUT2D eigenvalue weighted by atomic mass is 16.2. The van der Waals surface area contributed by atoms with Crippen molar-refractivity contribution in [3.8, 4) is 0 Å². The second kappa shape index (κ2) is 5.50. The lowest BCUT2D eigenvalue weighted by Gasteiger charge is -2.41. The van der Waals surface area contributed by atoms with E-state index in [2.05, 4.69) is 32.4 Å². The summed E-state index contributed by atoms with van der Waals surface area (Å²) in [5.74, 6) is 2.49. The highest BCUT2D eigenvalue weighted by Crippen LogP contribution is 2.43. The van der Waals surface area contributed by atoms with Crippen molar-refractivity contribution in [3.63, 3.8) is 0 Å². The number of amides is 1. The van der Waals surface area contributed by atoms with Crippen LogP contribution >= 0.6 is 0 Å². The molecule has 0 unspecified atom stereocenters. The van der Waals surface area contributed by atoms with Crippen molar-refractivity contribution < 1.29 is 4.79 Å². The van der Waals surface area contributed by atoms with Crippen LogP contribution in [0, 0.1) is 0 Å². The third-order valence-electron chi connectivity index (χ3n) is 5.92. The molecule has 2 aliphatic carbocycles. The van der Waals surface area contributed by atoms with Crippen LogP contribution in [0.25, 0.3) is 0 Å². The zero-order valence-electron chi connectivity index (χ0n) is 15.1. The van der Waals surface area contributed by atoms with Gasteiger partial charge in [0.1, 0.15) is 5.82 Å². The number of carbonyl (C=O) groups is 1. The summed E-state index contributed by atoms with van der Waals surface area (Å²) in [6, 6.07) is 4.78. The second-order valence-electron chi connectivity index (χ2n) is 8.25. The lowest BCUT2D eigenvalue weighted by atomic mass is 9.84. The first-order valence-corrected chi connectivity index (χ1v) is 9.41. The van der Waals surface area contributed by atoms with E-state index in [0.717, 1.165) is 36.1 Å². The SMILES string of the molecule is CC1(C)C(=O)N(C2CC(Nc3ccc(C4CC4)cn3)C2)c2nccnc21. The van der Waals surface area contributed by atoms with Crippen LogP contribution in [0.4, 0.5) is 11.6 Å². The topological polar surface area (TPSA) is 71.0 Å². The predicted octanol–water partition coefficient (Wildman–Crippen LogP) is 3.02. The molecule has 0 aromatic carbocycles. The van der Waals surface area contributed by atoms with Crippen molar-refractivity contribution in [2.75, 3.05) is 10.2 Å². The summed E-state index contributed by atoms with van der Waals surface area (Å²) in [7, 11) is 0. The van der Waals surface area contributed by atoms with E-state index in [1.165, 1.54) is 18.4 Å². The van der Waals surface area contributed by atoms with Gasteiger partial charge in [0.2, 0.25) is 5.91 Å². The molecule has 6 nitrogen and oxygen atoms in total. The van der Waals surface area contributed by atoms with E-state index in [-0.39, 0.29) is 11.9 Å². The van der Waals surface area contributed by atoms with Gasteiger partial charge in [-0.2, -0.15) is 0 Å². The smallest absolute Gasteiger partial charge is 0.240 e. The van der Waals surface area contributed by atoms with Crippen LogP contribution in [0.1, 0.15) is 56.7 Å². The fourth-order valence-corrected chi connectivity index (χ4v) is 4.06. The maximum absolute atomic E-state index is 12.9. The molecule has 2 saturated carbocycles. The highest BCUT2D eigenvalue weighted by Gasteiger charge is 2.51. The Morgan fingerprint density at radius 3 is 2.58 bits per heavy atom. The molecule has 2 aromatic heterocycles. The summed E-state index contributed by atoms with van der Waals surface area (Å²) in [5, 5.41) is 3.49. The van der Waals surface area contributed by atoms with E-state index in [0.29, 0.717) is 6.04 Å². The molecular formula is C20H23N5O. The van der Waals surface area contributed by atoms with E-state index in [9.17, 15) is 4.79 Å². The van der Waals surface area contributed by atoms with Crippen LogP contribution in [-0.4, -0.2) is 32.9 Å². The first-order valence-electron chi connectivity index (χ1n) is 9.41. The minimum atomic E-state index is -0.595. The summed E-state index contributed by atoms with van der Waals surface area (Å²) in [6.45, 7) is 3.87. The van der Waals surface area contributed by atoms with Gasteiger partial charge in [0.25, 0.3) is 0 Å². The number of hydrogen-bond acceptors (Lipinski definition) is 5. The quantitative estimate of drug-likeness (QED) is 0.919. The summed E-state index contributed by atoms with van der Waals surface area (Å²) < 4.78 is 0. The van der Waals surface area contributed by atoms with E-state index in [1.807, 2.05) is 24.9 Å². The van der Waals surface area contributed by atoms with Crippen LogP contribution in [-0.2, 0) is 10.2 Å². The minimum Gasteiger partial charge on any atom is -0.367 e. The summed E-state index contributed by atoms with van der Waals surface area (Å²) in [5.41, 5.74) is 1.54. The lowest BCUT2D eigenvalue weighted by Crippen LogP contribution is -2.53. The number of nitrogens with one attached hydrogen (secondary N) is 1. The fourth-order valence-electron chi connectivity index (χ4n) is 4.06. The Balaban J connectivity index is 1.26. The molecule has 0 radical (unpaired) electrons. The van der Waals surface area contributed by atoms with Gasteiger partial charge in [0.15, 0.2) is 5.82 Å². The zero-order chi connectivity index (χ0) is 17.9. The van der Waals surface area contributed by atoms with Crippen LogP contribution in [0.5, 0.6) is 0 Å². The maximum Gasteiger partial charge on any atom is 0.240 e. The standard InChI is InChI=1S/C20H23N5O/c1-20(2)17-18(22-8-7-21-17)25(19(20)26)15-9-14(10-15)24-16-6-5-13(11-23-16)12-3-4-12/h5-8,11-12,14-15H,3-4,9-10H2,1-2H3,(H,23,24). The summed E-state index contributed by atoms with van der Waals surface area (Å²) in [4.78, 5) is 28.2. The largest absolute Gasteiger partial charge is 0.367 e. The Hall–Kier alpha value is -2.50. The molecule has 26 heavy (non-hydrogen) atoms. The lowest BCUT2D eigenvalue weighted by molar-refractivity contribution is -0.123. The number of aromatic nitrogens is 3. The molecule has 2 aromatic rings. The van der Waals surface area contributed by atoms with Gasteiger partial charge in [-0.3, -0.25) is 14.7 Å². The Morgan fingerprint density at radius 2 is 1.88 bits per heavy atom. The van der Waals surface area contributed by atoms with Gasteiger partial charge in [-0.1, -0.05) is 6.07 Å². The molecule has 3 heterocycles. The van der Waals surface area contributed by atoms with E-state index in [1.54, 1.807) is 12.4 Å². The van der Waals surface area contributed by atoms with E-state index < -0.39 is 5.41 Å². The first kappa shape index (κ1) is 15.7. The fraction of sp³-hybridized carbons (Fsp3) is 0.500. The number of carbonyl (C=O) groups excluding carboxylic acids is 1. The zero-order valence-corrected chi connectivity index (χ0v) is 15.1. The van der Waals surface area contributed by atoms with Gasteiger partial charge in [-0.05, 0) is 57.1 Å². The van der Waals surface area contributed by atoms with Crippen molar-refractivity contribution in [1.82, 2.24) is 15.0 Å². The molecule has 0 spiro atoms.